The van der Waals surface area contributed by atoms with E-state index in [0.29, 0.717) is 5.92 Å². The van der Waals surface area contributed by atoms with Crippen molar-refractivity contribution in [3.05, 3.63) is 95.4 Å². The number of nitrogens with zero attached hydrogens (tertiary/aromatic N) is 3. The molecular weight excluding hydrogens is 718 g/mol. The number of hydrogen-bond acceptors (Lipinski definition) is 4. The van der Waals surface area contributed by atoms with Crippen LogP contribution >= 0.6 is 0 Å². The van der Waals surface area contributed by atoms with Gasteiger partial charge < -0.3 is 5.11 Å². The fourth-order valence-corrected chi connectivity index (χ4v) is 7.55. The molecule has 0 spiro atoms. The van der Waals surface area contributed by atoms with E-state index in [0.717, 1.165) is 31.6 Å². The maximum atomic E-state index is 10.6. The zero-order valence-electron chi connectivity index (χ0n) is 24.2. The van der Waals surface area contributed by atoms with Crippen LogP contribution in [0, 0.1) is 19.9 Å². The van der Waals surface area contributed by atoms with Gasteiger partial charge in [-0.1, -0.05) is 18.9 Å². The summed E-state index contributed by atoms with van der Waals surface area (Å²) < 4.78 is 26.5. The Labute approximate surface area is 248 Å². The molecule has 3 heterocycles. The van der Waals surface area contributed by atoms with Crippen molar-refractivity contribution in [2.24, 2.45) is 0 Å². The maximum Gasteiger partial charge on any atom is 0 e. The van der Waals surface area contributed by atoms with Crippen LogP contribution in [0.15, 0.2) is 67.0 Å². The van der Waals surface area contributed by atoms with Crippen LogP contribution < -0.4 is 13.8 Å². The van der Waals surface area contributed by atoms with Gasteiger partial charge in [0.1, 0.15) is 5.69 Å². The van der Waals surface area contributed by atoms with Gasteiger partial charge in [0.05, 0.1) is 0 Å². The summed E-state index contributed by atoms with van der Waals surface area (Å²) in [5.41, 5.74) is 6.91. The number of anilines is 2. The molecule has 0 amide bonds. The van der Waals surface area contributed by atoms with Crippen molar-refractivity contribution in [1.29, 1.82) is 0 Å². The summed E-state index contributed by atoms with van der Waals surface area (Å²) in [7, 11) is 0. The molecule has 38 heavy (non-hydrogen) atoms. The van der Waals surface area contributed by atoms with Crippen LogP contribution in [0.3, 0.4) is 0 Å². The van der Waals surface area contributed by atoms with E-state index < -0.39 is 12.9 Å². The largest absolute Gasteiger partial charge is 0 e. The van der Waals surface area contributed by atoms with Crippen LogP contribution in [0.4, 0.5) is 11.4 Å². The van der Waals surface area contributed by atoms with Gasteiger partial charge >= 0.3 is 153 Å². The summed E-state index contributed by atoms with van der Waals surface area (Å²) >= 11 is -0.0207. The number of rotatable bonds is 3. The molecule has 6 rings (SSSR count). The Balaban J connectivity index is 0.000000219. The Hall–Kier alpha value is -2.82. The predicted molar refractivity (Wildman–Crippen MR) is 150 cm³/mol. The molecule has 0 atom stereocenters. The molecular formula is C31H30IrN3O2Se-. The number of aromatic nitrogens is 2. The van der Waals surface area contributed by atoms with Crippen molar-refractivity contribution in [3.63, 3.8) is 0 Å². The summed E-state index contributed by atoms with van der Waals surface area (Å²) in [5.74, 6) is -0.353. The van der Waals surface area contributed by atoms with Crippen molar-refractivity contribution in [2.75, 3.05) is 11.9 Å². The molecule has 1 saturated carbocycles. The molecule has 2 aromatic carbocycles. The normalized spacial score (nSPS) is 15.5. The number of benzene rings is 2. The van der Waals surface area contributed by atoms with Gasteiger partial charge in [0.25, 0.3) is 0 Å². The van der Waals surface area contributed by atoms with E-state index in [9.17, 15) is 4.79 Å². The van der Waals surface area contributed by atoms with Gasteiger partial charge in [0, 0.05) is 26.3 Å². The van der Waals surface area contributed by atoms with Crippen molar-refractivity contribution < 1.29 is 34.1 Å². The molecule has 0 unspecified atom stereocenters. The van der Waals surface area contributed by atoms with Crippen LogP contribution in [-0.2, 0) is 20.1 Å². The van der Waals surface area contributed by atoms with Crippen LogP contribution in [0.1, 0.15) is 62.9 Å². The Bertz CT molecular complexity index is 1530. The first-order valence-corrected chi connectivity index (χ1v) is 14.1. The zero-order valence-corrected chi connectivity index (χ0v) is 25.3. The van der Waals surface area contributed by atoms with Gasteiger partial charge in [-0.3, -0.25) is 0 Å². The summed E-state index contributed by atoms with van der Waals surface area (Å²) in [4.78, 5) is 20.4. The van der Waals surface area contributed by atoms with Crippen LogP contribution in [-0.4, -0.2) is 43.0 Å². The zero-order chi connectivity index (χ0) is 28.4. The molecule has 1 aliphatic carbocycles. The minimum absolute atomic E-state index is 0. The maximum absolute atomic E-state index is 10.6. The Morgan fingerprint density at radius 1 is 1.05 bits per heavy atom. The third-order valence-electron chi connectivity index (χ3n) is 7.02. The Morgan fingerprint density at radius 2 is 1.84 bits per heavy atom. The molecule has 4 aromatic rings. The van der Waals surface area contributed by atoms with Gasteiger partial charge in [-0.15, -0.1) is 0 Å². The van der Waals surface area contributed by atoms with E-state index in [1.807, 2.05) is 42.5 Å². The van der Waals surface area contributed by atoms with E-state index >= 15 is 0 Å². The average molecular weight is 751 g/mol. The Kier molecular flexibility index (Phi) is 7.88. The first kappa shape index (κ1) is 24.2. The number of aryl methyl sites for hydroxylation is 1. The van der Waals surface area contributed by atoms with E-state index in [1.54, 1.807) is 24.5 Å². The summed E-state index contributed by atoms with van der Waals surface area (Å²) in [6, 6.07) is 20.1. The smallest absolute Gasteiger partial charge is 0 e. The van der Waals surface area contributed by atoms with Gasteiger partial charge in [-0.25, -0.2) is 9.78 Å². The predicted octanol–water partition coefficient (Wildman–Crippen LogP) is 5.34. The first-order chi connectivity index (χ1) is 19.1. The number of pyridine rings is 2. The van der Waals surface area contributed by atoms with Crippen molar-refractivity contribution in [3.8, 4) is 11.3 Å². The van der Waals surface area contributed by atoms with Gasteiger partial charge in [0.15, 0.2) is 0 Å². The average Bonchev–Trinajstić information content (AvgIpc) is 3.49. The molecule has 1 radical (unpaired) electrons. The molecule has 2 aliphatic rings. The van der Waals surface area contributed by atoms with Gasteiger partial charge in [0.2, 0.25) is 0 Å². The summed E-state index contributed by atoms with van der Waals surface area (Å²) in [6.45, 7) is 1.88. The molecule has 0 saturated heterocycles. The fraction of sp³-hybridized carbons (Fsp3) is 0.258. The standard InChI is InChI=1S/C20H17N2Se.C11H13NO2.Ir/c1-13-10-11-18-19(14(13)2)23-20-15(16-8-4-5-12-21-16)7-6-9-17(20)22(18)3;13-11(14)10-6-5-9(7-12-10)8-3-1-2-4-8;/h4-6,8-12H,1-3H3;5-8H,1-4H2,(H,13,14);/q-1;;/i3D3;;. The van der Waals surface area contributed by atoms with E-state index in [1.165, 1.54) is 47.3 Å². The monoisotopic (exact) mass is 752 g/mol. The minimum Gasteiger partial charge on any atom is 0 e. The van der Waals surface area contributed by atoms with Crippen LogP contribution in [0.2, 0.25) is 0 Å². The van der Waals surface area contributed by atoms with Gasteiger partial charge in [-0.2, -0.15) is 0 Å². The summed E-state index contributed by atoms with van der Waals surface area (Å²) in [5, 5.41) is 8.68. The third kappa shape index (κ3) is 5.77. The number of hydrogen-bond donors (Lipinski definition) is 1. The van der Waals surface area contributed by atoms with E-state index in [2.05, 4.69) is 29.9 Å². The second-order valence-corrected chi connectivity index (χ2v) is 11.5. The molecule has 197 valence electrons. The number of carbonyl (C=O) groups is 1. The number of carboxylic acids is 1. The molecule has 1 fully saturated rings. The van der Waals surface area contributed by atoms with Crippen molar-refractivity contribution in [2.45, 2.75) is 45.4 Å². The SMILES string of the molecule is O=C(O)c1ccc(C2CCCC2)cn1.[2H]C([2H])([2H])N1c2cc[c-]c(-c3ccccn3)c2[Se]c2c1ccc(C)c2C.[Ir]. The second kappa shape index (κ2) is 12.4. The molecule has 7 heteroatoms. The first-order valence-electron chi connectivity index (χ1n) is 13.9. The molecule has 2 aromatic heterocycles. The topological polar surface area (TPSA) is 66.3 Å². The van der Waals surface area contributed by atoms with Crippen LogP contribution in [0.25, 0.3) is 11.3 Å². The molecule has 1 aliphatic heterocycles. The number of aromatic carboxylic acids is 1. The molecule has 0 bridgehead atoms. The van der Waals surface area contributed by atoms with E-state index in [-0.39, 0.29) is 40.8 Å². The molecule has 5 nitrogen and oxygen atoms in total. The van der Waals surface area contributed by atoms with Crippen molar-refractivity contribution >= 4 is 41.2 Å². The Morgan fingerprint density at radius 3 is 2.50 bits per heavy atom. The van der Waals surface area contributed by atoms with Crippen molar-refractivity contribution in [1.82, 2.24) is 9.97 Å². The van der Waals surface area contributed by atoms with E-state index in [4.69, 9.17) is 9.22 Å². The minimum atomic E-state index is -2.26. The molecule has 1 N–H and O–H groups in total. The quantitative estimate of drug-likeness (QED) is 0.227. The van der Waals surface area contributed by atoms with Gasteiger partial charge in [-0.05, 0) is 30.4 Å². The summed E-state index contributed by atoms with van der Waals surface area (Å²) in [6.07, 6.45) is 8.46. The van der Waals surface area contributed by atoms with Crippen LogP contribution in [0.5, 0.6) is 0 Å². The number of fused-ring (bicyclic) bond motifs is 2. The third-order valence-corrected chi connectivity index (χ3v) is 9.83. The fourth-order valence-electron chi connectivity index (χ4n) is 4.80. The number of carboxylic acid groups (broad SMARTS) is 1. The second-order valence-electron chi connectivity index (χ2n) is 9.34.